The molecular formula is C16H22FNO3. The minimum atomic E-state index is -0.949. The van der Waals surface area contributed by atoms with Gasteiger partial charge in [-0.2, -0.15) is 0 Å². The van der Waals surface area contributed by atoms with Crippen LogP contribution < -0.4 is 5.32 Å². The van der Waals surface area contributed by atoms with E-state index in [1.807, 2.05) is 20.8 Å². The molecule has 0 fully saturated rings. The van der Waals surface area contributed by atoms with Gasteiger partial charge < -0.3 is 10.4 Å². The Labute approximate surface area is 124 Å². The summed E-state index contributed by atoms with van der Waals surface area (Å²) in [5, 5.41) is 11.6. The minimum Gasteiger partial charge on any atom is -0.481 e. The third kappa shape index (κ3) is 7.44. The second kappa shape index (κ2) is 7.20. The Morgan fingerprint density at radius 3 is 2.52 bits per heavy atom. The van der Waals surface area contributed by atoms with E-state index in [0.29, 0.717) is 12.0 Å². The Kier molecular flexibility index (Phi) is 5.88. The summed E-state index contributed by atoms with van der Waals surface area (Å²) in [5.74, 6) is -1.64. The summed E-state index contributed by atoms with van der Waals surface area (Å²) in [5.41, 5.74) is 0.476. The van der Waals surface area contributed by atoms with Crippen molar-refractivity contribution in [1.82, 2.24) is 5.32 Å². The van der Waals surface area contributed by atoms with Crippen LogP contribution in [0.4, 0.5) is 4.39 Å². The predicted molar refractivity (Wildman–Crippen MR) is 78.4 cm³/mol. The summed E-state index contributed by atoms with van der Waals surface area (Å²) in [6, 6.07) is 5.40. The standard InChI is InChI=1S/C16H22FNO3/c1-16(2,3)10-13(9-15(20)21)18-14(19)8-11-5-4-6-12(17)7-11/h4-7,13H,8-10H2,1-3H3,(H,18,19)(H,20,21). The molecular weight excluding hydrogens is 273 g/mol. The fraction of sp³-hybridized carbons (Fsp3) is 0.500. The van der Waals surface area contributed by atoms with Crippen LogP contribution in [0.25, 0.3) is 0 Å². The molecule has 1 aromatic rings. The molecule has 4 nitrogen and oxygen atoms in total. The average Bonchev–Trinajstić information content (AvgIpc) is 2.24. The number of hydrogen-bond acceptors (Lipinski definition) is 2. The van der Waals surface area contributed by atoms with Crippen molar-refractivity contribution in [3.05, 3.63) is 35.6 Å². The van der Waals surface area contributed by atoms with Gasteiger partial charge in [-0.1, -0.05) is 32.9 Å². The normalized spacial score (nSPS) is 12.8. The lowest BCUT2D eigenvalue weighted by Crippen LogP contribution is -2.39. The lowest BCUT2D eigenvalue weighted by Gasteiger charge is -2.25. The van der Waals surface area contributed by atoms with Crippen LogP contribution in [0.5, 0.6) is 0 Å². The molecule has 2 N–H and O–H groups in total. The van der Waals surface area contributed by atoms with Gasteiger partial charge in [-0.3, -0.25) is 9.59 Å². The smallest absolute Gasteiger partial charge is 0.305 e. The highest BCUT2D eigenvalue weighted by atomic mass is 19.1. The molecule has 0 aliphatic heterocycles. The third-order valence-electron chi connectivity index (χ3n) is 2.90. The number of carboxylic acids is 1. The maximum Gasteiger partial charge on any atom is 0.305 e. The van der Waals surface area contributed by atoms with Crippen molar-refractivity contribution in [2.45, 2.75) is 46.1 Å². The van der Waals surface area contributed by atoms with E-state index < -0.39 is 17.8 Å². The quantitative estimate of drug-likeness (QED) is 0.848. The molecule has 0 radical (unpaired) electrons. The van der Waals surface area contributed by atoms with Crippen LogP contribution in [0.2, 0.25) is 0 Å². The number of rotatable bonds is 6. The highest BCUT2D eigenvalue weighted by Crippen LogP contribution is 2.22. The molecule has 5 heteroatoms. The zero-order valence-electron chi connectivity index (χ0n) is 12.6. The molecule has 0 aliphatic carbocycles. The van der Waals surface area contributed by atoms with Crippen molar-refractivity contribution in [2.24, 2.45) is 5.41 Å². The van der Waals surface area contributed by atoms with Gasteiger partial charge in [-0.25, -0.2) is 4.39 Å². The van der Waals surface area contributed by atoms with Crippen LogP contribution in [-0.2, 0) is 16.0 Å². The zero-order chi connectivity index (χ0) is 16.0. The van der Waals surface area contributed by atoms with Gasteiger partial charge in [0.15, 0.2) is 0 Å². The van der Waals surface area contributed by atoms with E-state index in [0.717, 1.165) is 0 Å². The molecule has 0 heterocycles. The summed E-state index contributed by atoms with van der Waals surface area (Å²) in [6.07, 6.45) is 0.484. The number of hydrogen-bond donors (Lipinski definition) is 2. The highest BCUT2D eigenvalue weighted by Gasteiger charge is 2.22. The van der Waals surface area contributed by atoms with Crippen LogP contribution in [0.1, 0.15) is 39.2 Å². The Balaban J connectivity index is 2.65. The lowest BCUT2D eigenvalue weighted by molar-refractivity contribution is -0.137. The fourth-order valence-corrected chi connectivity index (χ4v) is 2.24. The van der Waals surface area contributed by atoms with Crippen LogP contribution in [0.3, 0.4) is 0 Å². The molecule has 0 saturated heterocycles. The Bertz CT molecular complexity index is 508. The van der Waals surface area contributed by atoms with E-state index in [9.17, 15) is 14.0 Å². The van der Waals surface area contributed by atoms with Crippen molar-refractivity contribution in [3.8, 4) is 0 Å². The van der Waals surface area contributed by atoms with Crippen molar-refractivity contribution in [2.75, 3.05) is 0 Å². The number of carbonyl (C=O) groups excluding carboxylic acids is 1. The van der Waals surface area contributed by atoms with Gasteiger partial charge in [0.2, 0.25) is 5.91 Å². The predicted octanol–water partition coefficient (Wildman–Crippen LogP) is 2.76. The summed E-state index contributed by atoms with van der Waals surface area (Å²) in [4.78, 5) is 22.9. The van der Waals surface area contributed by atoms with Gasteiger partial charge in [0, 0.05) is 6.04 Å². The van der Waals surface area contributed by atoms with E-state index in [4.69, 9.17) is 5.11 Å². The monoisotopic (exact) mass is 295 g/mol. The maximum atomic E-state index is 13.1. The molecule has 0 aliphatic rings. The third-order valence-corrected chi connectivity index (χ3v) is 2.90. The molecule has 0 saturated carbocycles. The maximum absolute atomic E-state index is 13.1. The number of carbonyl (C=O) groups is 2. The van der Waals surface area contributed by atoms with Gasteiger partial charge in [-0.05, 0) is 29.5 Å². The molecule has 116 valence electrons. The van der Waals surface area contributed by atoms with Gasteiger partial charge in [-0.15, -0.1) is 0 Å². The van der Waals surface area contributed by atoms with Crippen LogP contribution in [-0.4, -0.2) is 23.0 Å². The summed E-state index contributed by atoms with van der Waals surface area (Å²) in [6.45, 7) is 5.96. The van der Waals surface area contributed by atoms with Crippen LogP contribution in [0, 0.1) is 11.2 Å². The Morgan fingerprint density at radius 2 is 2.00 bits per heavy atom. The molecule has 0 bridgehead atoms. The largest absolute Gasteiger partial charge is 0.481 e. The first-order valence-corrected chi connectivity index (χ1v) is 6.91. The second-order valence-corrected chi connectivity index (χ2v) is 6.43. The Morgan fingerprint density at radius 1 is 1.33 bits per heavy atom. The van der Waals surface area contributed by atoms with E-state index in [-0.39, 0.29) is 24.2 Å². The molecule has 1 unspecified atom stereocenters. The number of halogens is 1. The van der Waals surface area contributed by atoms with Crippen LogP contribution in [0.15, 0.2) is 24.3 Å². The number of aliphatic carboxylic acids is 1. The van der Waals surface area contributed by atoms with Crippen LogP contribution >= 0.6 is 0 Å². The fourth-order valence-electron chi connectivity index (χ4n) is 2.24. The van der Waals surface area contributed by atoms with Gasteiger partial charge >= 0.3 is 5.97 Å². The van der Waals surface area contributed by atoms with Gasteiger partial charge in [0.1, 0.15) is 5.82 Å². The zero-order valence-corrected chi connectivity index (χ0v) is 12.6. The van der Waals surface area contributed by atoms with Gasteiger partial charge in [0.05, 0.1) is 12.8 Å². The summed E-state index contributed by atoms with van der Waals surface area (Å²) >= 11 is 0. The van der Waals surface area contributed by atoms with Crippen molar-refractivity contribution >= 4 is 11.9 Å². The number of carboxylic acid groups (broad SMARTS) is 1. The van der Waals surface area contributed by atoms with E-state index in [2.05, 4.69) is 5.32 Å². The molecule has 1 aromatic carbocycles. The average molecular weight is 295 g/mol. The number of benzene rings is 1. The van der Waals surface area contributed by atoms with Crippen molar-refractivity contribution < 1.29 is 19.1 Å². The summed E-state index contributed by atoms with van der Waals surface area (Å²) in [7, 11) is 0. The molecule has 1 amide bonds. The Hall–Kier alpha value is -1.91. The van der Waals surface area contributed by atoms with Crippen molar-refractivity contribution in [1.29, 1.82) is 0 Å². The van der Waals surface area contributed by atoms with Gasteiger partial charge in [0.25, 0.3) is 0 Å². The first-order valence-electron chi connectivity index (χ1n) is 6.91. The molecule has 21 heavy (non-hydrogen) atoms. The number of nitrogens with one attached hydrogen (secondary N) is 1. The van der Waals surface area contributed by atoms with E-state index in [1.54, 1.807) is 12.1 Å². The topological polar surface area (TPSA) is 66.4 Å². The SMILES string of the molecule is CC(C)(C)CC(CC(=O)O)NC(=O)Cc1cccc(F)c1. The number of amides is 1. The molecule has 1 atom stereocenters. The van der Waals surface area contributed by atoms with E-state index in [1.165, 1.54) is 12.1 Å². The minimum absolute atomic E-state index is 0.0397. The highest BCUT2D eigenvalue weighted by molar-refractivity contribution is 5.79. The first-order chi connectivity index (χ1) is 9.65. The first kappa shape index (κ1) is 17.1. The lowest BCUT2D eigenvalue weighted by atomic mass is 9.87. The molecule has 0 aromatic heterocycles. The van der Waals surface area contributed by atoms with E-state index >= 15 is 0 Å². The second-order valence-electron chi connectivity index (χ2n) is 6.43. The summed E-state index contributed by atoms with van der Waals surface area (Å²) < 4.78 is 13.1. The molecule has 1 rings (SSSR count). The van der Waals surface area contributed by atoms with Crippen molar-refractivity contribution in [3.63, 3.8) is 0 Å². The molecule has 0 spiro atoms.